The Kier molecular flexibility index (Phi) is 8.66. The summed E-state index contributed by atoms with van der Waals surface area (Å²) in [4.78, 5) is 0. The largest absolute Gasteiger partial charge is 0.392 e. The standard InChI is InChI=1S/C12H24O2Si/c1-5-7-9-11-15(13-3,14-4)12-10-8-6-2/h9-12H,5-8H2,1-4H3/b11-9+,12-10+. The summed E-state index contributed by atoms with van der Waals surface area (Å²) in [7, 11) is 1.27. The van der Waals surface area contributed by atoms with E-state index in [1.165, 1.54) is 0 Å². The van der Waals surface area contributed by atoms with Gasteiger partial charge in [0.25, 0.3) is 0 Å². The van der Waals surface area contributed by atoms with E-state index in [1.54, 1.807) is 14.2 Å². The lowest BCUT2D eigenvalue weighted by Gasteiger charge is -2.19. The highest BCUT2D eigenvalue weighted by atomic mass is 28.4. The predicted molar refractivity (Wildman–Crippen MR) is 67.9 cm³/mol. The first kappa shape index (κ1) is 14.6. The summed E-state index contributed by atoms with van der Waals surface area (Å²) in [5, 5.41) is 0. The van der Waals surface area contributed by atoms with Gasteiger partial charge >= 0.3 is 8.56 Å². The summed E-state index contributed by atoms with van der Waals surface area (Å²) in [6, 6.07) is 0. The predicted octanol–water partition coefficient (Wildman–Crippen LogP) is 3.51. The Morgan fingerprint density at radius 3 is 1.53 bits per heavy atom. The summed E-state index contributed by atoms with van der Waals surface area (Å²) in [6.07, 6.45) is 8.82. The summed E-state index contributed by atoms with van der Waals surface area (Å²) < 4.78 is 11.0. The Balaban J connectivity index is 4.42. The summed E-state index contributed by atoms with van der Waals surface area (Å²) in [5.74, 6) is 0. The van der Waals surface area contributed by atoms with Gasteiger partial charge in [-0.15, -0.1) is 0 Å². The zero-order chi connectivity index (χ0) is 11.6. The molecule has 0 saturated carbocycles. The number of hydrogen-bond donors (Lipinski definition) is 0. The molecule has 0 aliphatic rings. The molecule has 0 aliphatic carbocycles. The van der Waals surface area contributed by atoms with E-state index in [0.717, 1.165) is 25.7 Å². The van der Waals surface area contributed by atoms with E-state index in [0.29, 0.717) is 0 Å². The van der Waals surface area contributed by atoms with E-state index in [-0.39, 0.29) is 0 Å². The molecule has 0 aliphatic heterocycles. The van der Waals surface area contributed by atoms with E-state index in [1.807, 2.05) is 0 Å². The van der Waals surface area contributed by atoms with Gasteiger partial charge in [-0.25, -0.2) is 0 Å². The zero-order valence-electron chi connectivity index (χ0n) is 10.5. The van der Waals surface area contributed by atoms with Crippen LogP contribution >= 0.6 is 0 Å². The quantitative estimate of drug-likeness (QED) is 0.592. The Bertz CT molecular complexity index is 178. The van der Waals surface area contributed by atoms with Crippen LogP contribution in [0.15, 0.2) is 23.6 Å². The zero-order valence-corrected chi connectivity index (χ0v) is 11.5. The topological polar surface area (TPSA) is 18.5 Å². The summed E-state index contributed by atoms with van der Waals surface area (Å²) in [6.45, 7) is 4.33. The highest BCUT2D eigenvalue weighted by molar-refractivity contribution is 6.77. The van der Waals surface area contributed by atoms with Crippen molar-refractivity contribution in [3.05, 3.63) is 23.6 Å². The molecule has 0 spiro atoms. The Morgan fingerprint density at radius 2 is 1.27 bits per heavy atom. The van der Waals surface area contributed by atoms with Gasteiger partial charge < -0.3 is 8.85 Å². The van der Waals surface area contributed by atoms with Crippen molar-refractivity contribution < 1.29 is 8.85 Å². The van der Waals surface area contributed by atoms with Gasteiger partial charge in [-0.3, -0.25) is 0 Å². The third-order valence-corrected chi connectivity index (χ3v) is 4.93. The van der Waals surface area contributed by atoms with Gasteiger partial charge in [0.15, 0.2) is 0 Å². The van der Waals surface area contributed by atoms with Crippen molar-refractivity contribution in [1.82, 2.24) is 0 Å². The van der Waals surface area contributed by atoms with Crippen molar-refractivity contribution in [3.63, 3.8) is 0 Å². The van der Waals surface area contributed by atoms with E-state index in [2.05, 4.69) is 37.4 Å². The molecule has 2 nitrogen and oxygen atoms in total. The summed E-state index contributed by atoms with van der Waals surface area (Å²) >= 11 is 0. The molecule has 15 heavy (non-hydrogen) atoms. The number of unbranched alkanes of at least 4 members (excludes halogenated alkanes) is 2. The smallest absolute Gasteiger partial charge is 0.390 e. The van der Waals surface area contributed by atoms with Crippen LogP contribution in [0.1, 0.15) is 39.5 Å². The van der Waals surface area contributed by atoms with Crippen molar-refractivity contribution in [1.29, 1.82) is 0 Å². The fourth-order valence-corrected chi connectivity index (χ4v) is 3.05. The fourth-order valence-electron chi connectivity index (χ4n) is 1.24. The van der Waals surface area contributed by atoms with Crippen LogP contribution in [0.3, 0.4) is 0 Å². The van der Waals surface area contributed by atoms with Gasteiger partial charge in [0, 0.05) is 14.2 Å². The van der Waals surface area contributed by atoms with Gasteiger partial charge in [0.2, 0.25) is 0 Å². The molecule has 0 amide bonds. The van der Waals surface area contributed by atoms with E-state index in [4.69, 9.17) is 8.85 Å². The second-order valence-electron chi connectivity index (χ2n) is 3.51. The first-order valence-electron chi connectivity index (χ1n) is 5.70. The van der Waals surface area contributed by atoms with Crippen LogP contribution in [0, 0.1) is 0 Å². The van der Waals surface area contributed by atoms with Gasteiger partial charge in [-0.05, 0) is 24.2 Å². The van der Waals surface area contributed by atoms with E-state index in [9.17, 15) is 0 Å². The average molecular weight is 228 g/mol. The minimum absolute atomic E-state index is 1.09. The molecule has 3 heteroatoms. The Morgan fingerprint density at radius 1 is 0.867 bits per heavy atom. The number of rotatable bonds is 8. The van der Waals surface area contributed by atoms with Gasteiger partial charge in [0.1, 0.15) is 0 Å². The molecule has 0 aromatic heterocycles. The molecule has 0 bridgehead atoms. The molecule has 0 unspecified atom stereocenters. The van der Waals surface area contributed by atoms with Crippen molar-refractivity contribution >= 4 is 8.56 Å². The highest BCUT2D eigenvalue weighted by Gasteiger charge is 2.28. The lowest BCUT2D eigenvalue weighted by atomic mass is 10.3. The minimum Gasteiger partial charge on any atom is -0.392 e. The Labute approximate surface area is 95.2 Å². The van der Waals surface area contributed by atoms with Crippen LogP contribution in [-0.4, -0.2) is 22.8 Å². The maximum absolute atomic E-state index is 5.52. The maximum atomic E-state index is 5.52. The fraction of sp³-hybridized carbons (Fsp3) is 0.667. The second-order valence-corrected chi connectivity index (χ2v) is 6.44. The molecular formula is C12H24O2Si. The van der Waals surface area contributed by atoms with Gasteiger partial charge in [-0.1, -0.05) is 38.8 Å². The Hall–Kier alpha value is -0.383. The molecule has 0 saturated heterocycles. The lowest BCUT2D eigenvalue weighted by Crippen LogP contribution is -2.36. The van der Waals surface area contributed by atoms with Crippen molar-refractivity contribution in [2.24, 2.45) is 0 Å². The van der Waals surface area contributed by atoms with Crippen LogP contribution < -0.4 is 0 Å². The van der Waals surface area contributed by atoms with E-state index >= 15 is 0 Å². The molecule has 0 fully saturated rings. The van der Waals surface area contributed by atoms with Crippen LogP contribution in [0.5, 0.6) is 0 Å². The normalized spacial score (nSPS) is 13.1. The van der Waals surface area contributed by atoms with Crippen LogP contribution in [0.2, 0.25) is 0 Å². The van der Waals surface area contributed by atoms with Crippen LogP contribution in [-0.2, 0) is 8.85 Å². The number of allylic oxidation sites excluding steroid dienone is 2. The molecule has 0 rings (SSSR count). The third kappa shape index (κ3) is 5.92. The number of hydrogen-bond acceptors (Lipinski definition) is 2. The first-order valence-corrected chi connectivity index (χ1v) is 7.67. The van der Waals surface area contributed by atoms with Gasteiger partial charge in [0.05, 0.1) is 0 Å². The lowest BCUT2D eigenvalue weighted by molar-refractivity contribution is 0.269. The minimum atomic E-state index is -2.18. The molecule has 0 aromatic carbocycles. The molecule has 88 valence electrons. The monoisotopic (exact) mass is 228 g/mol. The SMILES string of the molecule is CCC/C=C/[Si](/C=C/CCC)(OC)OC. The van der Waals surface area contributed by atoms with Gasteiger partial charge in [-0.2, -0.15) is 0 Å². The molecule has 0 atom stereocenters. The summed E-state index contributed by atoms with van der Waals surface area (Å²) in [5.41, 5.74) is 4.23. The molecule has 0 heterocycles. The average Bonchev–Trinajstić information content (AvgIpc) is 2.28. The molecular weight excluding hydrogens is 204 g/mol. The third-order valence-electron chi connectivity index (χ3n) is 2.25. The molecule has 0 aromatic rings. The van der Waals surface area contributed by atoms with Crippen molar-refractivity contribution in [2.45, 2.75) is 39.5 Å². The second kappa shape index (κ2) is 8.89. The van der Waals surface area contributed by atoms with E-state index < -0.39 is 8.56 Å². The highest BCUT2D eigenvalue weighted by Crippen LogP contribution is 2.11. The molecule has 0 N–H and O–H groups in total. The van der Waals surface area contributed by atoms with Crippen molar-refractivity contribution in [3.8, 4) is 0 Å². The first-order chi connectivity index (χ1) is 7.24. The molecule has 0 radical (unpaired) electrons. The van der Waals surface area contributed by atoms with Crippen molar-refractivity contribution in [2.75, 3.05) is 14.2 Å². The van der Waals surface area contributed by atoms with Crippen LogP contribution in [0.25, 0.3) is 0 Å². The van der Waals surface area contributed by atoms with Crippen LogP contribution in [0.4, 0.5) is 0 Å². The maximum Gasteiger partial charge on any atom is 0.390 e.